The van der Waals surface area contributed by atoms with E-state index in [1.807, 2.05) is 0 Å². The molecule has 1 amide bonds. The highest BCUT2D eigenvalue weighted by Crippen LogP contribution is 2.03. The Labute approximate surface area is 66.9 Å². The Balaban J connectivity index is 2.93. The maximum absolute atomic E-state index is 10.7. The smallest absolute Gasteiger partial charge is 0.277 e. The molecule has 1 aliphatic heterocycles. The van der Waals surface area contributed by atoms with Crippen LogP contribution >= 0.6 is 0 Å². The van der Waals surface area contributed by atoms with Gasteiger partial charge in [-0.2, -0.15) is 0 Å². The summed E-state index contributed by atoms with van der Waals surface area (Å²) in [5.41, 5.74) is 1.80. The standard InChI is InChI=1S/C3H4N4O4S/c4-12(10,11)3(9)1-2(8)6-7-5-1/h1H,(H2,4,10,11)(H,5,6,8). The molecule has 66 valence electrons. The van der Waals surface area contributed by atoms with E-state index < -0.39 is 27.1 Å². The van der Waals surface area contributed by atoms with Crippen molar-refractivity contribution in [2.24, 2.45) is 15.5 Å². The number of rotatable bonds is 1. The zero-order valence-electron chi connectivity index (χ0n) is 5.59. The molecule has 0 bridgehead atoms. The van der Waals surface area contributed by atoms with Crippen LogP contribution in [0.2, 0.25) is 0 Å². The van der Waals surface area contributed by atoms with Crippen molar-refractivity contribution in [3.8, 4) is 0 Å². The molecule has 1 rings (SSSR count). The average molecular weight is 192 g/mol. The van der Waals surface area contributed by atoms with Crippen LogP contribution < -0.4 is 10.6 Å². The molecule has 1 unspecified atom stereocenters. The van der Waals surface area contributed by atoms with Crippen molar-refractivity contribution in [1.82, 2.24) is 5.43 Å². The first kappa shape index (κ1) is 8.74. The van der Waals surface area contributed by atoms with E-state index in [1.165, 1.54) is 0 Å². The third kappa shape index (κ3) is 1.46. The second-order valence-corrected chi connectivity index (χ2v) is 3.45. The van der Waals surface area contributed by atoms with E-state index in [2.05, 4.69) is 15.5 Å². The highest BCUT2D eigenvalue weighted by Gasteiger charge is 2.36. The summed E-state index contributed by atoms with van der Waals surface area (Å²) in [6.45, 7) is 0. The molecule has 0 aromatic rings. The minimum atomic E-state index is -4.37. The highest BCUT2D eigenvalue weighted by atomic mass is 32.2. The zero-order chi connectivity index (χ0) is 9.35. The molecule has 0 aliphatic carbocycles. The van der Waals surface area contributed by atoms with Gasteiger partial charge < -0.3 is 0 Å². The number of carbonyl (C=O) groups excluding carboxylic acids is 2. The Hall–Kier alpha value is -1.35. The van der Waals surface area contributed by atoms with Gasteiger partial charge in [0.15, 0.2) is 0 Å². The van der Waals surface area contributed by atoms with Gasteiger partial charge in [0.05, 0.1) is 0 Å². The van der Waals surface area contributed by atoms with E-state index in [1.54, 1.807) is 5.43 Å². The van der Waals surface area contributed by atoms with E-state index in [9.17, 15) is 18.0 Å². The van der Waals surface area contributed by atoms with Crippen LogP contribution in [0.1, 0.15) is 0 Å². The quantitative estimate of drug-likeness (QED) is 0.451. The van der Waals surface area contributed by atoms with Gasteiger partial charge in [0.25, 0.3) is 21.0 Å². The molecule has 1 aliphatic rings. The SMILES string of the molecule is NS(=O)(=O)C(=O)C1N=NNC1=O. The van der Waals surface area contributed by atoms with Gasteiger partial charge in [-0.05, 0) is 0 Å². The molecular weight excluding hydrogens is 188 g/mol. The van der Waals surface area contributed by atoms with Crippen molar-refractivity contribution in [1.29, 1.82) is 0 Å². The molecule has 3 N–H and O–H groups in total. The lowest BCUT2D eigenvalue weighted by molar-refractivity contribution is -0.125. The molecule has 9 heteroatoms. The van der Waals surface area contributed by atoms with Crippen LogP contribution in [0.4, 0.5) is 0 Å². The Morgan fingerprint density at radius 2 is 2.17 bits per heavy atom. The molecule has 0 aromatic carbocycles. The van der Waals surface area contributed by atoms with Gasteiger partial charge in [-0.25, -0.2) is 19.0 Å². The first-order valence-corrected chi connectivity index (χ1v) is 4.24. The molecule has 0 saturated heterocycles. The Morgan fingerprint density at radius 3 is 2.50 bits per heavy atom. The summed E-state index contributed by atoms with van der Waals surface area (Å²) in [6.07, 6.45) is 0. The van der Waals surface area contributed by atoms with Crippen LogP contribution in [0.5, 0.6) is 0 Å². The summed E-state index contributed by atoms with van der Waals surface area (Å²) in [4.78, 5) is 21.4. The van der Waals surface area contributed by atoms with Gasteiger partial charge in [-0.3, -0.25) is 9.59 Å². The number of nitrogens with zero attached hydrogens (tertiary/aromatic N) is 2. The van der Waals surface area contributed by atoms with Gasteiger partial charge in [-0.15, -0.1) is 5.11 Å². The summed E-state index contributed by atoms with van der Waals surface area (Å²) in [6, 6.07) is -1.65. The number of hydrogen-bond donors (Lipinski definition) is 2. The molecule has 0 radical (unpaired) electrons. The highest BCUT2D eigenvalue weighted by molar-refractivity contribution is 8.04. The van der Waals surface area contributed by atoms with Crippen LogP contribution in [0.25, 0.3) is 0 Å². The number of hydrogen-bond acceptors (Lipinski definition) is 6. The Morgan fingerprint density at radius 1 is 1.58 bits per heavy atom. The number of nitrogens with two attached hydrogens (primary N) is 1. The van der Waals surface area contributed by atoms with Crippen LogP contribution in [-0.2, 0) is 19.6 Å². The van der Waals surface area contributed by atoms with Crippen molar-refractivity contribution in [3.05, 3.63) is 0 Å². The van der Waals surface area contributed by atoms with Crippen molar-refractivity contribution in [3.63, 3.8) is 0 Å². The van der Waals surface area contributed by atoms with Crippen molar-refractivity contribution in [2.75, 3.05) is 0 Å². The second-order valence-electron chi connectivity index (χ2n) is 1.96. The van der Waals surface area contributed by atoms with E-state index in [0.29, 0.717) is 0 Å². The molecule has 0 spiro atoms. The Kier molecular flexibility index (Phi) is 1.90. The second kappa shape index (κ2) is 2.60. The first-order valence-electron chi connectivity index (χ1n) is 2.69. The number of sulfonamides is 1. The minimum absolute atomic E-state index is 0.894. The van der Waals surface area contributed by atoms with E-state index in [4.69, 9.17) is 0 Å². The first-order chi connectivity index (χ1) is 5.43. The fourth-order valence-electron chi connectivity index (χ4n) is 0.559. The topological polar surface area (TPSA) is 131 Å². The van der Waals surface area contributed by atoms with Crippen LogP contribution in [-0.4, -0.2) is 25.5 Å². The van der Waals surface area contributed by atoms with Crippen molar-refractivity contribution in [2.45, 2.75) is 6.04 Å². The summed E-state index contributed by atoms with van der Waals surface area (Å²) in [5, 5.41) is 9.01. The minimum Gasteiger partial charge on any atom is -0.277 e. The average Bonchev–Trinajstić information content (AvgIpc) is 2.31. The molecule has 1 atom stereocenters. The summed E-state index contributed by atoms with van der Waals surface area (Å²) < 4.78 is 20.8. The van der Waals surface area contributed by atoms with Crippen molar-refractivity contribution >= 4 is 21.0 Å². The van der Waals surface area contributed by atoms with Gasteiger partial charge in [-0.1, -0.05) is 5.22 Å². The van der Waals surface area contributed by atoms with Crippen LogP contribution in [0.3, 0.4) is 0 Å². The lowest BCUT2D eigenvalue weighted by Gasteiger charge is -1.97. The molecule has 0 fully saturated rings. The molecule has 1 heterocycles. The number of nitrogens with one attached hydrogen (secondary N) is 1. The summed E-state index contributed by atoms with van der Waals surface area (Å²) in [7, 11) is -4.37. The number of primary sulfonamides is 1. The predicted molar refractivity (Wildman–Crippen MR) is 34.9 cm³/mol. The number of amides is 1. The fourth-order valence-corrected chi connectivity index (χ4v) is 1.02. The zero-order valence-corrected chi connectivity index (χ0v) is 6.41. The van der Waals surface area contributed by atoms with Gasteiger partial charge in [0.1, 0.15) is 0 Å². The van der Waals surface area contributed by atoms with Gasteiger partial charge in [0.2, 0.25) is 6.04 Å². The summed E-state index contributed by atoms with van der Waals surface area (Å²) >= 11 is 0. The van der Waals surface area contributed by atoms with Crippen LogP contribution in [0.15, 0.2) is 10.3 Å². The normalized spacial score (nSPS) is 22.4. The van der Waals surface area contributed by atoms with Crippen LogP contribution in [0, 0.1) is 0 Å². The third-order valence-corrected chi connectivity index (χ3v) is 1.87. The molecule has 12 heavy (non-hydrogen) atoms. The van der Waals surface area contributed by atoms with E-state index >= 15 is 0 Å². The van der Waals surface area contributed by atoms with E-state index in [-0.39, 0.29) is 0 Å². The maximum Gasteiger partial charge on any atom is 0.297 e. The number of carbonyl (C=O) groups is 2. The fraction of sp³-hybridized carbons (Fsp3) is 0.333. The Bertz CT molecular complexity index is 356. The third-order valence-electron chi connectivity index (χ3n) is 1.09. The monoisotopic (exact) mass is 192 g/mol. The largest absolute Gasteiger partial charge is 0.297 e. The molecule has 8 nitrogen and oxygen atoms in total. The predicted octanol–water partition coefficient (Wildman–Crippen LogP) is -2.33. The summed E-state index contributed by atoms with van der Waals surface area (Å²) in [5.74, 6) is -0.894. The van der Waals surface area contributed by atoms with Gasteiger partial charge in [0, 0.05) is 0 Å². The van der Waals surface area contributed by atoms with Crippen molar-refractivity contribution < 1.29 is 18.0 Å². The molecule has 0 aromatic heterocycles. The van der Waals surface area contributed by atoms with E-state index in [0.717, 1.165) is 0 Å². The van der Waals surface area contributed by atoms with Gasteiger partial charge >= 0.3 is 0 Å². The molecule has 0 saturated carbocycles. The lowest BCUT2D eigenvalue weighted by Crippen LogP contribution is -2.38. The molecular formula is C3H4N4O4S. The maximum atomic E-state index is 10.7. The lowest BCUT2D eigenvalue weighted by atomic mass is 10.3.